The third-order valence-corrected chi connectivity index (χ3v) is 4.50. The predicted octanol–water partition coefficient (Wildman–Crippen LogP) is 3.05. The number of halogens is 1. The van der Waals surface area contributed by atoms with Crippen molar-refractivity contribution in [1.82, 2.24) is 5.32 Å². The van der Waals surface area contributed by atoms with Crippen LogP contribution in [0.3, 0.4) is 0 Å². The Hall–Kier alpha value is -1.44. The van der Waals surface area contributed by atoms with Gasteiger partial charge in [0.2, 0.25) is 0 Å². The van der Waals surface area contributed by atoms with E-state index in [-0.39, 0.29) is 17.1 Å². The third-order valence-electron chi connectivity index (χ3n) is 3.05. The van der Waals surface area contributed by atoms with Crippen molar-refractivity contribution in [3.63, 3.8) is 0 Å². The van der Waals surface area contributed by atoms with Gasteiger partial charge in [-0.15, -0.1) is 0 Å². The lowest BCUT2D eigenvalue weighted by molar-refractivity contribution is 0.424. The highest BCUT2D eigenvalue weighted by Gasteiger charge is 2.12. The van der Waals surface area contributed by atoms with Crippen molar-refractivity contribution in [2.75, 3.05) is 0 Å². The number of phenolic OH excluding ortho intramolecular Hbond substituents is 1. The molecule has 2 aromatic rings. The molecule has 0 aliphatic heterocycles. The maximum Gasteiger partial charge on any atom is 0.123 e. The molecule has 2 aromatic carbocycles. The number of aromatic hydroxyl groups is 1. The average molecular weight is 305 g/mol. The number of rotatable bonds is 4. The first-order valence-electron chi connectivity index (χ1n) is 6.94. The van der Waals surface area contributed by atoms with Gasteiger partial charge in [0.15, 0.2) is 0 Å². The van der Waals surface area contributed by atoms with Crippen molar-refractivity contribution in [1.29, 1.82) is 0 Å². The van der Waals surface area contributed by atoms with Crippen molar-refractivity contribution in [3.8, 4) is 5.75 Å². The lowest BCUT2D eigenvalue weighted by Gasteiger charge is -2.22. The van der Waals surface area contributed by atoms with Crippen LogP contribution in [0.25, 0.3) is 0 Å². The first kappa shape index (κ1) is 15.9. The van der Waals surface area contributed by atoms with Crippen LogP contribution in [-0.4, -0.2) is 10.6 Å². The Kier molecular flexibility index (Phi) is 4.97. The van der Waals surface area contributed by atoms with Crippen LogP contribution in [0.1, 0.15) is 26.3 Å². The average Bonchev–Trinajstić information content (AvgIpc) is 2.40. The van der Waals surface area contributed by atoms with Gasteiger partial charge in [-0.05, 0) is 49.8 Å². The summed E-state index contributed by atoms with van der Waals surface area (Å²) in [6.07, 6.45) is 0. The molecule has 0 heterocycles. The first-order chi connectivity index (χ1) is 9.85. The number of hydrogen-bond donors (Lipinski definition) is 2. The fourth-order valence-corrected chi connectivity index (χ4v) is 3.08. The first-order valence-corrected chi connectivity index (χ1v) is 7.94. The SMILES string of the molecule is CC(C)(C)NCc1cc(F)ccc1Pc1ccccc1O. The third kappa shape index (κ3) is 4.80. The molecule has 21 heavy (non-hydrogen) atoms. The Balaban J connectivity index is 2.25. The molecular formula is C17H21FNOP. The minimum absolute atomic E-state index is 0.0262. The Labute approximate surface area is 127 Å². The summed E-state index contributed by atoms with van der Waals surface area (Å²) in [5, 5.41) is 15.2. The van der Waals surface area contributed by atoms with Crippen LogP contribution < -0.4 is 15.9 Å². The summed E-state index contributed by atoms with van der Waals surface area (Å²) in [7, 11) is 0.307. The molecule has 0 aliphatic rings. The summed E-state index contributed by atoms with van der Waals surface area (Å²) in [5.41, 5.74) is 0.910. The fraction of sp³-hybridized carbons (Fsp3) is 0.294. The molecule has 0 spiro atoms. The normalized spacial score (nSPS) is 12.2. The Morgan fingerprint density at radius 3 is 2.48 bits per heavy atom. The minimum atomic E-state index is -0.230. The summed E-state index contributed by atoms with van der Waals surface area (Å²) in [5.74, 6) is 0.0569. The van der Waals surface area contributed by atoms with E-state index < -0.39 is 0 Å². The van der Waals surface area contributed by atoms with Crippen LogP contribution in [0.4, 0.5) is 4.39 Å². The highest BCUT2D eigenvalue weighted by molar-refractivity contribution is 7.55. The van der Waals surface area contributed by atoms with E-state index in [0.717, 1.165) is 16.2 Å². The molecule has 0 aromatic heterocycles. The van der Waals surface area contributed by atoms with Crippen LogP contribution in [0, 0.1) is 5.82 Å². The summed E-state index contributed by atoms with van der Waals surface area (Å²) < 4.78 is 13.5. The molecule has 2 nitrogen and oxygen atoms in total. The molecule has 0 radical (unpaired) electrons. The van der Waals surface area contributed by atoms with E-state index >= 15 is 0 Å². The molecule has 1 atom stereocenters. The highest BCUT2D eigenvalue weighted by Crippen LogP contribution is 2.20. The zero-order chi connectivity index (χ0) is 15.5. The maximum absolute atomic E-state index is 13.5. The van der Waals surface area contributed by atoms with E-state index in [0.29, 0.717) is 15.1 Å². The van der Waals surface area contributed by atoms with Crippen LogP contribution in [0.15, 0.2) is 42.5 Å². The van der Waals surface area contributed by atoms with Crippen LogP contribution in [0.5, 0.6) is 5.75 Å². The van der Waals surface area contributed by atoms with Gasteiger partial charge >= 0.3 is 0 Å². The number of benzene rings is 2. The van der Waals surface area contributed by atoms with E-state index in [1.54, 1.807) is 24.3 Å². The Morgan fingerprint density at radius 2 is 1.81 bits per heavy atom. The van der Waals surface area contributed by atoms with E-state index in [1.165, 1.54) is 6.07 Å². The zero-order valence-corrected chi connectivity index (χ0v) is 13.6. The molecule has 0 bridgehead atoms. The second-order valence-corrected chi connectivity index (χ2v) is 7.37. The van der Waals surface area contributed by atoms with Gasteiger partial charge < -0.3 is 10.4 Å². The van der Waals surface area contributed by atoms with Gasteiger partial charge in [-0.1, -0.05) is 32.8 Å². The topological polar surface area (TPSA) is 32.3 Å². The highest BCUT2D eigenvalue weighted by atomic mass is 31.1. The molecule has 0 fully saturated rings. The fourth-order valence-electron chi connectivity index (χ4n) is 1.92. The largest absolute Gasteiger partial charge is 0.507 e. The van der Waals surface area contributed by atoms with Gasteiger partial charge in [-0.25, -0.2) is 4.39 Å². The second kappa shape index (κ2) is 6.55. The summed E-state index contributed by atoms with van der Waals surface area (Å²) >= 11 is 0. The molecule has 2 N–H and O–H groups in total. The number of nitrogens with one attached hydrogen (secondary N) is 1. The van der Waals surface area contributed by atoms with E-state index in [1.807, 2.05) is 12.1 Å². The second-order valence-electron chi connectivity index (χ2n) is 6.05. The molecular weight excluding hydrogens is 284 g/mol. The van der Waals surface area contributed by atoms with Crippen molar-refractivity contribution >= 4 is 19.2 Å². The summed E-state index contributed by atoms with van der Waals surface area (Å²) in [6, 6.07) is 12.1. The standard InChI is InChI=1S/C17H21FNOP/c1-17(2,3)19-11-12-10-13(18)8-9-15(12)21-16-7-5-4-6-14(16)20/h4-10,19-21H,11H2,1-3H3. The molecule has 0 amide bonds. The van der Waals surface area contributed by atoms with Gasteiger partial charge in [-0.2, -0.15) is 0 Å². The lowest BCUT2D eigenvalue weighted by Crippen LogP contribution is -2.36. The van der Waals surface area contributed by atoms with Crippen LogP contribution in [0.2, 0.25) is 0 Å². The molecule has 4 heteroatoms. The molecule has 0 aliphatic carbocycles. The Bertz CT molecular complexity index is 622. The predicted molar refractivity (Wildman–Crippen MR) is 88.7 cm³/mol. The van der Waals surface area contributed by atoms with Gasteiger partial charge in [0, 0.05) is 17.4 Å². The lowest BCUT2D eigenvalue weighted by atomic mass is 10.1. The smallest absolute Gasteiger partial charge is 0.123 e. The zero-order valence-electron chi connectivity index (χ0n) is 12.6. The quantitative estimate of drug-likeness (QED) is 0.851. The molecule has 1 unspecified atom stereocenters. The van der Waals surface area contributed by atoms with Crippen molar-refractivity contribution in [2.45, 2.75) is 32.9 Å². The minimum Gasteiger partial charge on any atom is -0.507 e. The van der Waals surface area contributed by atoms with Crippen LogP contribution in [-0.2, 0) is 6.54 Å². The molecule has 2 rings (SSSR count). The van der Waals surface area contributed by atoms with Gasteiger partial charge in [0.25, 0.3) is 0 Å². The van der Waals surface area contributed by atoms with Gasteiger partial charge in [0.05, 0.1) is 0 Å². The molecule has 112 valence electrons. The van der Waals surface area contributed by atoms with Crippen molar-refractivity contribution in [2.24, 2.45) is 0 Å². The van der Waals surface area contributed by atoms with E-state index in [9.17, 15) is 9.50 Å². The Morgan fingerprint density at radius 1 is 1.10 bits per heavy atom. The van der Waals surface area contributed by atoms with Crippen molar-refractivity contribution in [3.05, 3.63) is 53.8 Å². The number of hydrogen-bond acceptors (Lipinski definition) is 2. The van der Waals surface area contributed by atoms with Gasteiger partial charge in [-0.3, -0.25) is 0 Å². The maximum atomic E-state index is 13.5. The molecule has 0 saturated heterocycles. The number of para-hydroxylation sites is 1. The van der Waals surface area contributed by atoms with Crippen LogP contribution >= 0.6 is 8.58 Å². The molecule has 0 saturated carbocycles. The van der Waals surface area contributed by atoms with Crippen molar-refractivity contribution < 1.29 is 9.50 Å². The van der Waals surface area contributed by atoms with Gasteiger partial charge in [0.1, 0.15) is 11.6 Å². The summed E-state index contributed by atoms with van der Waals surface area (Å²) in [4.78, 5) is 0. The van der Waals surface area contributed by atoms with E-state index in [2.05, 4.69) is 26.1 Å². The summed E-state index contributed by atoms with van der Waals surface area (Å²) in [6.45, 7) is 6.85. The number of phenols is 1. The monoisotopic (exact) mass is 305 g/mol. The van der Waals surface area contributed by atoms with E-state index in [4.69, 9.17) is 0 Å².